The van der Waals surface area contributed by atoms with E-state index in [2.05, 4.69) is 10.2 Å². The average molecular weight is 342 g/mol. The molecule has 1 N–H and O–H groups in total. The van der Waals surface area contributed by atoms with Crippen molar-refractivity contribution >= 4 is 29.2 Å². The molecule has 4 rings (SSSR count). The number of hydrogen-bond donors (Lipinski definition) is 1. The Morgan fingerprint density at radius 1 is 1.08 bits per heavy atom. The zero-order valence-electron chi connectivity index (χ0n) is 14.1. The summed E-state index contributed by atoms with van der Waals surface area (Å²) in [6, 6.07) is 7.53. The quantitative estimate of drug-likeness (QED) is 0.826. The molecule has 2 aliphatic heterocycles. The number of anilines is 2. The lowest BCUT2D eigenvalue weighted by Crippen LogP contribution is -2.39. The fourth-order valence-corrected chi connectivity index (χ4v) is 3.46. The molecular weight excluding hydrogens is 320 g/mol. The third-order valence-corrected chi connectivity index (χ3v) is 4.99. The summed E-state index contributed by atoms with van der Waals surface area (Å²) in [5.41, 5.74) is 1.83. The van der Waals surface area contributed by atoms with E-state index in [9.17, 15) is 14.4 Å². The number of rotatable bonds is 5. The van der Waals surface area contributed by atoms with Gasteiger partial charge in [0.05, 0.1) is 0 Å². The average Bonchev–Trinajstić information content (AvgIpc) is 3.22. The second-order valence-electron chi connectivity index (χ2n) is 6.91. The minimum atomic E-state index is -0.353. The lowest BCUT2D eigenvalue weighted by molar-refractivity contribution is -0.129. The summed E-state index contributed by atoms with van der Waals surface area (Å²) in [6.45, 7) is 2.01. The third kappa shape index (κ3) is 3.31. The van der Waals surface area contributed by atoms with E-state index in [-0.39, 0.29) is 37.0 Å². The molecule has 0 bridgehead atoms. The van der Waals surface area contributed by atoms with Crippen LogP contribution in [0.25, 0.3) is 0 Å². The molecule has 2 heterocycles. The van der Waals surface area contributed by atoms with Gasteiger partial charge in [0.2, 0.25) is 5.91 Å². The SMILES string of the molecule is O=C(CN1C(=O)CN(C2CC2)C1=O)Nc1ccc(N2CCCC2)cc1. The Balaban J connectivity index is 1.34. The maximum Gasteiger partial charge on any atom is 0.327 e. The molecule has 0 atom stereocenters. The topological polar surface area (TPSA) is 73.0 Å². The first-order valence-corrected chi connectivity index (χ1v) is 8.87. The van der Waals surface area contributed by atoms with Gasteiger partial charge in [-0.2, -0.15) is 0 Å². The van der Waals surface area contributed by atoms with Crippen molar-refractivity contribution in [1.82, 2.24) is 9.80 Å². The Morgan fingerprint density at radius 2 is 1.76 bits per heavy atom. The lowest BCUT2D eigenvalue weighted by Gasteiger charge is -2.18. The minimum Gasteiger partial charge on any atom is -0.372 e. The Bertz CT molecular complexity index is 693. The van der Waals surface area contributed by atoms with Crippen LogP contribution in [0.1, 0.15) is 25.7 Å². The van der Waals surface area contributed by atoms with Gasteiger partial charge in [-0.05, 0) is 49.9 Å². The highest BCUT2D eigenvalue weighted by Gasteiger charge is 2.44. The lowest BCUT2D eigenvalue weighted by atomic mass is 10.2. The largest absolute Gasteiger partial charge is 0.372 e. The van der Waals surface area contributed by atoms with Gasteiger partial charge in [-0.15, -0.1) is 0 Å². The molecule has 1 aliphatic carbocycles. The van der Waals surface area contributed by atoms with Gasteiger partial charge in [0.1, 0.15) is 13.1 Å². The predicted molar refractivity (Wildman–Crippen MR) is 93.4 cm³/mol. The van der Waals surface area contributed by atoms with Crippen LogP contribution < -0.4 is 10.2 Å². The van der Waals surface area contributed by atoms with Crippen molar-refractivity contribution in [2.45, 2.75) is 31.7 Å². The number of amides is 4. The molecule has 0 aromatic heterocycles. The molecule has 25 heavy (non-hydrogen) atoms. The molecule has 0 unspecified atom stereocenters. The Kier molecular flexibility index (Phi) is 4.07. The van der Waals surface area contributed by atoms with Crippen LogP contribution in [0, 0.1) is 0 Å². The minimum absolute atomic E-state index is 0.0985. The number of carbonyl (C=O) groups excluding carboxylic acids is 3. The maximum atomic E-state index is 12.2. The molecular formula is C18H22N4O3. The van der Waals surface area contributed by atoms with Crippen LogP contribution in [0.5, 0.6) is 0 Å². The van der Waals surface area contributed by atoms with Gasteiger partial charge >= 0.3 is 6.03 Å². The summed E-state index contributed by atoms with van der Waals surface area (Å²) in [6.07, 6.45) is 4.33. The fourth-order valence-electron chi connectivity index (χ4n) is 3.46. The molecule has 3 aliphatic rings. The van der Waals surface area contributed by atoms with Crippen molar-refractivity contribution in [2.75, 3.05) is 36.4 Å². The monoisotopic (exact) mass is 342 g/mol. The van der Waals surface area contributed by atoms with Crippen LogP contribution in [0.4, 0.5) is 16.2 Å². The number of nitrogens with zero attached hydrogens (tertiary/aromatic N) is 3. The summed E-state index contributed by atoms with van der Waals surface area (Å²) in [7, 11) is 0. The summed E-state index contributed by atoms with van der Waals surface area (Å²) in [4.78, 5) is 41.4. The second kappa shape index (κ2) is 6.38. The molecule has 7 heteroatoms. The van der Waals surface area contributed by atoms with Crippen molar-refractivity contribution in [2.24, 2.45) is 0 Å². The van der Waals surface area contributed by atoms with Crippen LogP contribution in [-0.4, -0.2) is 59.9 Å². The molecule has 7 nitrogen and oxygen atoms in total. The Morgan fingerprint density at radius 3 is 2.40 bits per heavy atom. The van der Waals surface area contributed by atoms with E-state index in [0.29, 0.717) is 5.69 Å². The highest BCUT2D eigenvalue weighted by atomic mass is 16.2. The van der Waals surface area contributed by atoms with Gasteiger partial charge < -0.3 is 15.1 Å². The number of imide groups is 1. The van der Waals surface area contributed by atoms with Crippen molar-refractivity contribution in [1.29, 1.82) is 0 Å². The van der Waals surface area contributed by atoms with Crippen LogP contribution in [0.2, 0.25) is 0 Å². The van der Waals surface area contributed by atoms with Gasteiger partial charge in [-0.1, -0.05) is 0 Å². The zero-order chi connectivity index (χ0) is 17.4. The van der Waals surface area contributed by atoms with Gasteiger partial charge in [-0.3, -0.25) is 14.5 Å². The van der Waals surface area contributed by atoms with Crippen LogP contribution in [0.3, 0.4) is 0 Å². The molecule has 2 saturated heterocycles. The molecule has 1 aromatic rings. The first-order valence-electron chi connectivity index (χ1n) is 8.87. The summed E-state index contributed by atoms with van der Waals surface area (Å²) >= 11 is 0. The van der Waals surface area contributed by atoms with E-state index in [1.54, 1.807) is 4.90 Å². The fraction of sp³-hybridized carbons (Fsp3) is 0.500. The molecule has 0 spiro atoms. The van der Waals surface area contributed by atoms with Gasteiger partial charge in [0, 0.05) is 30.5 Å². The normalized spacial score (nSPS) is 20.6. The first kappa shape index (κ1) is 15.9. The van der Waals surface area contributed by atoms with Crippen molar-refractivity contribution in [3.05, 3.63) is 24.3 Å². The van der Waals surface area contributed by atoms with Crippen LogP contribution >= 0.6 is 0 Å². The van der Waals surface area contributed by atoms with Crippen molar-refractivity contribution in [3.8, 4) is 0 Å². The first-order chi connectivity index (χ1) is 12.1. The molecule has 4 amide bonds. The smallest absolute Gasteiger partial charge is 0.327 e. The molecule has 3 fully saturated rings. The molecule has 1 aromatic carbocycles. The highest BCUT2D eigenvalue weighted by molar-refractivity contribution is 6.06. The molecule has 132 valence electrons. The number of carbonyl (C=O) groups is 3. The van der Waals surface area contributed by atoms with Gasteiger partial charge in [0.25, 0.3) is 5.91 Å². The van der Waals surface area contributed by atoms with E-state index in [0.717, 1.165) is 36.5 Å². The summed E-state index contributed by atoms with van der Waals surface area (Å²) in [5.74, 6) is -0.648. The Labute approximate surface area is 146 Å². The number of nitrogens with one attached hydrogen (secondary N) is 1. The van der Waals surface area contributed by atoms with E-state index >= 15 is 0 Å². The van der Waals surface area contributed by atoms with E-state index < -0.39 is 0 Å². The second-order valence-corrected chi connectivity index (χ2v) is 6.91. The standard InChI is InChI=1S/C18H22N4O3/c23-16(11-22-17(24)12-21(18(22)25)15-7-8-15)19-13-3-5-14(6-4-13)20-9-1-2-10-20/h3-6,15H,1-2,7-12H2,(H,19,23). The number of hydrogen-bond acceptors (Lipinski definition) is 4. The van der Waals surface area contributed by atoms with Gasteiger partial charge in [0.15, 0.2) is 0 Å². The van der Waals surface area contributed by atoms with E-state index in [1.807, 2.05) is 24.3 Å². The predicted octanol–water partition coefficient (Wildman–Crippen LogP) is 1.65. The summed E-state index contributed by atoms with van der Waals surface area (Å²) in [5, 5.41) is 2.77. The molecule has 1 saturated carbocycles. The zero-order valence-corrected chi connectivity index (χ0v) is 14.1. The maximum absolute atomic E-state index is 12.2. The van der Waals surface area contributed by atoms with E-state index in [1.165, 1.54) is 12.8 Å². The van der Waals surface area contributed by atoms with Crippen molar-refractivity contribution in [3.63, 3.8) is 0 Å². The van der Waals surface area contributed by atoms with Gasteiger partial charge in [-0.25, -0.2) is 4.79 Å². The Hall–Kier alpha value is -2.57. The third-order valence-electron chi connectivity index (χ3n) is 4.99. The van der Waals surface area contributed by atoms with Crippen LogP contribution in [0.15, 0.2) is 24.3 Å². The highest BCUT2D eigenvalue weighted by Crippen LogP contribution is 2.30. The number of benzene rings is 1. The van der Waals surface area contributed by atoms with E-state index in [4.69, 9.17) is 0 Å². The number of urea groups is 1. The van der Waals surface area contributed by atoms with Crippen LogP contribution in [-0.2, 0) is 9.59 Å². The van der Waals surface area contributed by atoms with Crippen molar-refractivity contribution < 1.29 is 14.4 Å². The summed E-state index contributed by atoms with van der Waals surface area (Å²) < 4.78 is 0. The molecule has 0 radical (unpaired) electrons.